The van der Waals surface area contributed by atoms with Crippen LogP contribution in [0.5, 0.6) is 28.7 Å². The standard InChI is InChI=1S/C27H35N3O13/c1-38-15-9-14(10-16(39-2)19(15)31)25(37)41-11-18-20(32)21(33)22(34)26(42-18)43-23-12(5-4-6-30-27(28)29)7-13(24(35)36)8-17(23)40-3/h7-10,18,20-22,26,31-34H,4-6,11H2,1-3H3,(H,35,36)(H4,28,29,30). The quantitative estimate of drug-likeness (QED) is 0.0645. The molecule has 16 heteroatoms. The maximum Gasteiger partial charge on any atom is 0.338 e. The van der Waals surface area contributed by atoms with E-state index in [9.17, 15) is 35.1 Å². The fourth-order valence-electron chi connectivity index (χ4n) is 4.25. The molecule has 5 unspecified atom stereocenters. The molecule has 0 aromatic heterocycles. The minimum absolute atomic E-state index is 0.00358. The summed E-state index contributed by atoms with van der Waals surface area (Å²) in [5, 5.41) is 51.4. The zero-order valence-corrected chi connectivity index (χ0v) is 23.6. The van der Waals surface area contributed by atoms with Gasteiger partial charge in [-0.2, -0.15) is 0 Å². The molecule has 16 nitrogen and oxygen atoms in total. The van der Waals surface area contributed by atoms with Gasteiger partial charge < -0.3 is 65.4 Å². The monoisotopic (exact) mass is 609 g/mol. The van der Waals surface area contributed by atoms with Crippen LogP contribution in [0.2, 0.25) is 0 Å². The van der Waals surface area contributed by atoms with Gasteiger partial charge in [-0.3, -0.25) is 4.99 Å². The van der Waals surface area contributed by atoms with Gasteiger partial charge >= 0.3 is 11.9 Å². The lowest BCUT2D eigenvalue weighted by atomic mass is 9.99. The van der Waals surface area contributed by atoms with Gasteiger partial charge in [0, 0.05) is 6.54 Å². The van der Waals surface area contributed by atoms with Crippen LogP contribution in [0.4, 0.5) is 0 Å². The number of hydrogen-bond donors (Lipinski definition) is 7. The van der Waals surface area contributed by atoms with Crippen molar-refractivity contribution in [2.45, 2.75) is 43.5 Å². The number of aliphatic imine (C=N–C) groups is 1. The van der Waals surface area contributed by atoms with Crippen molar-refractivity contribution in [3.05, 3.63) is 41.0 Å². The predicted octanol–water partition coefficient (Wildman–Crippen LogP) is -0.634. The van der Waals surface area contributed by atoms with Gasteiger partial charge in [-0.1, -0.05) is 0 Å². The molecule has 3 rings (SSSR count). The van der Waals surface area contributed by atoms with Gasteiger partial charge in [0.15, 0.2) is 29.0 Å². The number of benzene rings is 2. The third-order valence-corrected chi connectivity index (χ3v) is 6.49. The van der Waals surface area contributed by atoms with Crippen LogP contribution in [0.25, 0.3) is 0 Å². The number of aliphatic hydroxyl groups is 3. The molecule has 0 amide bonds. The average molecular weight is 610 g/mol. The second-order valence-corrected chi connectivity index (χ2v) is 9.34. The second-order valence-electron chi connectivity index (χ2n) is 9.34. The van der Waals surface area contributed by atoms with E-state index in [1.807, 2.05) is 0 Å². The summed E-state index contributed by atoms with van der Waals surface area (Å²) in [5.74, 6) is -2.68. The number of aromatic hydroxyl groups is 1. The Morgan fingerprint density at radius 2 is 1.51 bits per heavy atom. The van der Waals surface area contributed by atoms with Crippen molar-refractivity contribution in [2.75, 3.05) is 34.5 Å². The molecule has 236 valence electrons. The highest BCUT2D eigenvalue weighted by molar-refractivity contribution is 5.91. The minimum atomic E-state index is -1.79. The summed E-state index contributed by atoms with van der Waals surface area (Å²) in [6.45, 7) is -0.364. The first-order valence-electron chi connectivity index (χ1n) is 12.9. The maximum absolute atomic E-state index is 12.8. The van der Waals surface area contributed by atoms with Crippen LogP contribution in [-0.4, -0.2) is 109 Å². The van der Waals surface area contributed by atoms with Crippen LogP contribution >= 0.6 is 0 Å². The smallest absolute Gasteiger partial charge is 0.338 e. The first-order valence-corrected chi connectivity index (χ1v) is 12.9. The number of phenolic OH excluding ortho intramolecular Hbond substituents is 1. The average Bonchev–Trinajstić information content (AvgIpc) is 2.98. The molecule has 1 heterocycles. The Bertz CT molecular complexity index is 1310. The summed E-state index contributed by atoms with van der Waals surface area (Å²) >= 11 is 0. The number of carbonyl (C=O) groups excluding carboxylic acids is 1. The lowest BCUT2D eigenvalue weighted by Crippen LogP contribution is -2.60. The largest absolute Gasteiger partial charge is 0.502 e. The number of carbonyl (C=O) groups is 2. The van der Waals surface area contributed by atoms with Crippen molar-refractivity contribution >= 4 is 17.9 Å². The second kappa shape index (κ2) is 14.6. The van der Waals surface area contributed by atoms with Gasteiger partial charge in [0.1, 0.15) is 31.0 Å². The number of nitrogens with zero attached hydrogens (tertiary/aromatic N) is 1. The van der Waals surface area contributed by atoms with E-state index in [1.54, 1.807) is 0 Å². The fraction of sp³-hybridized carbons (Fsp3) is 0.444. The molecule has 5 atom stereocenters. The van der Waals surface area contributed by atoms with Gasteiger partial charge in [0.05, 0.1) is 32.5 Å². The van der Waals surface area contributed by atoms with E-state index >= 15 is 0 Å². The number of aryl methyl sites for hydroxylation is 1. The number of hydrogen-bond acceptors (Lipinski definition) is 13. The highest BCUT2D eigenvalue weighted by atomic mass is 16.7. The van der Waals surface area contributed by atoms with E-state index in [0.717, 1.165) is 0 Å². The lowest BCUT2D eigenvalue weighted by molar-refractivity contribution is -0.277. The molecule has 1 fully saturated rings. The van der Waals surface area contributed by atoms with Crippen molar-refractivity contribution < 1.29 is 63.5 Å². The number of phenols is 1. The lowest BCUT2D eigenvalue weighted by Gasteiger charge is -2.40. The number of ether oxygens (including phenoxy) is 6. The van der Waals surface area contributed by atoms with E-state index in [-0.39, 0.29) is 58.8 Å². The van der Waals surface area contributed by atoms with E-state index in [0.29, 0.717) is 12.0 Å². The zero-order chi connectivity index (χ0) is 31.8. The maximum atomic E-state index is 12.8. The summed E-state index contributed by atoms with van der Waals surface area (Å²) in [5.41, 5.74) is 10.9. The molecule has 0 saturated carbocycles. The Balaban J connectivity index is 1.83. The highest BCUT2D eigenvalue weighted by Gasteiger charge is 2.46. The van der Waals surface area contributed by atoms with Crippen molar-refractivity contribution in [3.63, 3.8) is 0 Å². The Hall–Kier alpha value is -4.51. The number of methoxy groups -OCH3 is 3. The van der Waals surface area contributed by atoms with E-state index in [2.05, 4.69) is 4.99 Å². The van der Waals surface area contributed by atoms with Crippen LogP contribution in [-0.2, 0) is 15.9 Å². The molecule has 0 aliphatic carbocycles. The molecule has 2 aromatic rings. The summed E-state index contributed by atoms with van der Waals surface area (Å²) in [7, 11) is 3.84. The van der Waals surface area contributed by atoms with Crippen molar-refractivity contribution in [1.82, 2.24) is 0 Å². The first-order chi connectivity index (χ1) is 20.4. The molecule has 1 aliphatic rings. The summed E-state index contributed by atoms with van der Waals surface area (Å²) < 4.78 is 32.3. The number of guanidine groups is 1. The van der Waals surface area contributed by atoms with Crippen molar-refractivity contribution in [1.29, 1.82) is 0 Å². The number of aromatic carboxylic acids is 1. The third-order valence-electron chi connectivity index (χ3n) is 6.49. The number of carboxylic acid groups (broad SMARTS) is 1. The van der Waals surface area contributed by atoms with Gasteiger partial charge in [-0.05, 0) is 42.7 Å². The van der Waals surface area contributed by atoms with Gasteiger partial charge in [0.2, 0.25) is 12.0 Å². The summed E-state index contributed by atoms with van der Waals surface area (Å²) in [6, 6.07) is 4.97. The SMILES string of the molecule is COc1cc(C(=O)OCC2OC(Oc3c(CCCN=C(N)N)cc(C(=O)O)cc3OC)C(O)C(O)C2O)cc(OC)c1O. The molecule has 0 spiro atoms. The molecule has 1 saturated heterocycles. The van der Waals surface area contributed by atoms with Crippen LogP contribution in [0.15, 0.2) is 29.3 Å². The van der Waals surface area contributed by atoms with Crippen LogP contribution in [0.1, 0.15) is 32.7 Å². The normalized spacial score (nSPS) is 21.4. The van der Waals surface area contributed by atoms with Crippen molar-refractivity contribution in [2.24, 2.45) is 16.5 Å². The molecular formula is C27H35N3O13. The molecule has 0 bridgehead atoms. The summed E-state index contributed by atoms with van der Waals surface area (Å²) in [4.78, 5) is 28.3. The molecule has 0 radical (unpaired) electrons. The number of aliphatic hydroxyl groups excluding tert-OH is 3. The molecule has 1 aliphatic heterocycles. The van der Waals surface area contributed by atoms with Gasteiger partial charge in [-0.25, -0.2) is 9.59 Å². The topological polar surface area (TPSA) is 255 Å². The number of rotatable bonds is 13. The number of esters is 1. The molecule has 2 aromatic carbocycles. The molecular weight excluding hydrogens is 574 g/mol. The fourth-order valence-corrected chi connectivity index (χ4v) is 4.25. The van der Waals surface area contributed by atoms with Gasteiger partial charge in [-0.15, -0.1) is 0 Å². The van der Waals surface area contributed by atoms with E-state index in [4.69, 9.17) is 39.9 Å². The van der Waals surface area contributed by atoms with Crippen LogP contribution in [0.3, 0.4) is 0 Å². The Kier molecular flexibility index (Phi) is 11.2. The van der Waals surface area contributed by atoms with E-state index < -0.39 is 49.3 Å². The third kappa shape index (κ3) is 7.86. The molecule has 43 heavy (non-hydrogen) atoms. The van der Waals surface area contributed by atoms with Crippen LogP contribution < -0.4 is 30.4 Å². The number of carboxylic acids is 1. The van der Waals surface area contributed by atoms with Crippen molar-refractivity contribution in [3.8, 4) is 28.7 Å². The highest BCUT2D eigenvalue weighted by Crippen LogP contribution is 2.38. The summed E-state index contributed by atoms with van der Waals surface area (Å²) in [6.07, 6.45) is -7.64. The minimum Gasteiger partial charge on any atom is -0.502 e. The first kappa shape index (κ1) is 33.0. The molecule has 9 N–H and O–H groups in total. The zero-order valence-electron chi connectivity index (χ0n) is 23.6. The van der Waals surface area contributed by atoms with Gasteiger partial charge in [0.25, 0.3) is 0 Å². The predicted molar refractivity (Wildman–Crippen MR) is 148 cm³/mol. The number of nitrogens with two attached hydrogens (primary N) is 2. The Labute approximate surface area is 246 Å². The Morgan fingerprint density at radius 3 is 2.07 bits per heavy atom. The Morgan fingerprint density at radius 1 is 0.907 bits per heavy atom. The van der Waals surface area contributed by atoms with E-state index in [1.165, 1.54) is 45.6 Å². The van der Waals surface area contributed by atoms with Crippen LogP contribution in [0, 0.1) is 0 Å².